The number of benzene rings is 1. The Balaban J connectivity index is 2.16. The molecule has 8 heteroatoms. The highest BCUT2D eigenvalue weighted by Crippen LogP contribution is 2.33. The number of hydrogen-bond donors (Lipinski definition) is 1. The van der Waals surface area contributed by atoms with Gasteiger partial charge in [0.2, 0.25) is 5.75 Å². The standard InChI is InChI=1S/C15H20ClN3O4/c1-2-15(20)23-14-9-11(12(16)10-13(14)19(21)22)3-6-18-7-4-17-5-8-18/h9-10,17H,2-8H2,1H3. The number of nitrogens with one attached hydrogen (secondary N) is 1. The Labute approximate surface area is 139 Å². The van der Waals surface area contributed by atoms with Crippen molar-refractivity contribution in [3.05, 3.63) is 32.8 Å². The molecule has 2 rings (SSSR count). The van der Waals surface area contributed by atoms with Gasteiger partial charge in [-0.25, -0.2) is 0 Å². The number of ether oxygens (including phenoxy) is 1. The van der Waals surface area contributed by atoms with Crippen LogP contribution in [-0.2, 0) is 11.2 Å². The number of halogens is 1. The number of esters is 1. The summed E-state index contributed by atoms with van der Waals surface area (Å²) in [5, 5.41) is 14.7. The lowest BCUT2D eigenvalue weighted by Gasteiger charge is -2.27. The van der Waals surface area contributed by atoms with Crippen LogP contribution >= 0.6 is 11.6 Å². The molecule has 1 saturated heterocycles. The highest BCUT2D eigenvalue weighted by molar-refractivity contribution is 6.31. The topological polar surface area (TPSA) is 84.7 Å². The molecule has 1 heterocycles. The van der Waals surface area contributed by atoms with E-state index in [4.69, 9.17) is 16.3 Å². The number of hydrogen-bond acceptors (Lipinski definition) is 6. The Kier molecular flexibility index (Phi) is 6.32. The third-order valence-electron chi connectivity index (χ3n) is 3.74. The molecule has 0 atom stereocenters. The lowest BCUT2D eigenvalue weighted by molar-refractivity contribution is -0.385. The summed E-state index contributed by atoms with van der Waals surface area (Å²) in [6.45, 7) is 6.26. The van der Waals surface area contributed by atoms with Crippen LogP contribution in [0.1, 0.15) is 18.9 Å². The van der Waals surface area contributed by atoms with Gasteiger partial charge >= 0.3 is 11.7 Å². The predicted molar refractivity (Wildman–Crippen MR) is 87.0 cm³/mol. The van der Waals surface area contributed by atoms with Crippen molar-refractivity contribution >= 4 is 23.3 Å². The fourth-order valence-electron chi connectivity index (χ4n) is 2.41. The van der Waals surface area contributed by atoms with Crippen LogP contribution < -0.4 is 10.1 Å². The molecule has 23 heavy (non-hydrogen) atoms. The van der Waals surface area contributed by atoms with E-state index in [9.17, 15) is 14.9 Å². The van der Waals surface area contributed by atoms with E-state index in [0.29, 0.717) is 11.4 Å². The summed E-state index contributed by atoms with van der Waals surface area (Å²) in [5.41, 5.74) is 0.456. The summed E-state index contributed by atoms with van der Waals surface area (Å²) in [7, 11) is 0. The quantitative estimate of drug-likeness (QED) is 0.369. The van der Waals surface area contributed by atoms with Gasteiger partial charge in [0, 0.05) is 45.2 Å². The molecule has 0 bridgehead atoms. The fourth-order valence-corrected chi connectivity index (χ4v) is 2.66. The fraction of sp³-hybridized carbons (Fsp3) is 0.533. The van der Waals surface area contributed by atoms with Crippen LogP contribution in [0.2, 0.25) is 5.02 Å². The van der Waals surface area contributed by atoms with Gasteiger partial charge in [-0.1, -0.05) is 18.5 Å². The summed E-state index contributed by atoms with van der Waals surface area (Å²) in [4.78, 5) is 24.3. The van der Waals surface area contributed by atoms with E-state index < -0.39 is 10.9 Å². The second-order valence-electron chi connectivity index (χ2n) is 5.34. The van der Waals surface area contributed by atoms with Gasteiger partial charge < -0.3 is 15.0 Å². The molecule has 0 aromatic heterocycles. The molecule has 0 unspecified atom stereocenters. The first-order valence-electron chi connectivity index (χ1n) is 7.61. The second kappa shape index (κ2) is 8.24. The zero-order chi connectivity index (χ0) is 16.8. The number of nitro benzene ring substituents is 1. The van der Waals surface area contributed by atoms with Crippen LogP contribution in [0.15, 0.2) is 12.1 Å². The first-order valence-corrected chi connectivity index (χ1v) is 7.99. The van der Waals surface area contributed by atoms with Gasteiger partial charge in [-0.05, 0) is 18.1 Å². The molecular formula is C15H20ClN3O4. The smallest absolute Gasteiger partial charge is 0.313 e. The third-order valence-corrected chi connectivity index (χ3v) is 4.10. The molecule has 126 valence electrons. The molecule has 0 spiro atoms. The van der Waals surface area contributed by atoms with E-state index in [1.54, 1.807) is 6.92 Å². The van der Waals surface area contributed by atoms with Gasteiger partial charge in [-0.2, -0.15) is 0 Å². The molecule has 0 radical (unpaired) electrons. The van der Waals surface area contributed by atoms with E-state index in [2.05, 4.69) is 10.2 Å². The largest absolute Gasteiger partial charge is 0.419 e. The molecular weight excluding hydrogens is 322 g/mol. The minimum absolute atomic E-state index is 0.0402. The van der Waals surface area contributed by atoms with Gasteiger partial charge in [-0.3, -0.25) is 14.9 Å². The number of nitro groups is 1. The third kappa shape index (κ3) is 4.89. The van der Waals surface area contributed by atoms with Crippen molar-refractivity contribution in [3.8, 4) is 5.75 Å². The molecule has 1 N–H and O–H groups in total. The molecule has 0 amide bonds. The Morgan fingerprint density at radius 3 is 2.74 bits per heavy atom. The van der Waals surface area contributed by atoms with E-state index in [-0.39, 0.29) is 17.9 Å². The first-order chi connectivity index (χ1) is 11.0. The van der Waals surface area contributed by atoms with Crippen molar-refractivity contribution < 1.29 is 14.5 Å². The van der Waals surface area contributed by atoms with Crippen molar-refractivity contribution in [1.82, 2.24) is 10.2 Å². The monoisotopic (exact) mass is 341 g/mol. The molecule has 7 nitrogen and oxygen atoms in total. The highest BCUT2D eigenvalue weighted by atomic mass is 35.5. The van der Waals surface area contributed by atoms with Crippen LogP contribution in [0.3, 0.4) is 0 Å². The number of carbonyl (C=O) groups is 1. The average molecular weight is 342 g/mol. The maximum Gasteiger partial charge on any atom is 0.313 e. The molecule has 1 aromatic rings. The normalized spacial score (nSPS) is 15.4. The van der Waals surface area contributed by atoms with Crippen LogP contribution in [0, 0.1) is 10.1 Å². The Morgan fingerprint density at radius 1 is 1.43 bits per heavy atom. The molecule has 0 aliphatic carbocycles. The van der Waals surface area contributed by atoms with Gasteiger partial charge in [-0.15, -0.1) is 0 Å². The SMILES string of the molecule is CCC(=O)Oc1cc(CCN2CCNCC2)c(Cl)cc1[N+](=O)[O-]. The number of piperazine rings is 1. The van der Waals surface area contributed by atoms with Crippen molar-refractivity contribution in [2.45, 2.75) is 19.8 Å². The zero-order valence-electron chi connectivity index (χ0n) is 13.0. The van der Waals surface area contributed by atoms with Crippen molar-refractivity contribution in [1.29, 1.82) is 0 Å². The number of nitrogens with zero attached hydrogens (tertiary/aromatic N) is 2. The number of carbonyl (C=O) groups excluding carboxylic acids is 1. The summed E-state index contributed by atoms with van der Waals surface area (Å²) < 4.78 is 5.08. The average Bonchev–Trinajstić information content (AvgIpc) is 2.55. The van der Waals surface area contributed by atoms with Crippen LogP contribution in [-0.4, -0.2) is 48.5 Å². The Hall–Kier alpha value is -1.70. The van der Waals surface area contributed by atoms with E-state index in [1.807, 2.05) is 0 Å². The molecule has 0 saturated carbocycles. The van der Waals surface area contributed by atoms with E-state index >= 15 is 0 Å². The summed E-state index contributed by atoms with van der Waals surface area (Å²) in [6, 6.07) is 2.77. The molecule has 1 fully saturated rings. The van der Waals surface area contributed by atoms with E-state index in [0.717, 1.165) is 38.3 Å². The van der Waals surface area contributed by atoms with Crippen LogP contribution in [0.25, 0.3) is 0 Å². The minimum atomic E-state index is -0.593. The first kappa shape index (κ1) is 17.7. The van der Waals surface area contributed by atoms with Crippen molar-refractivity contribution in [3.63, 3.8) is 0 Å². The molecule has 1 aliphatic rings. The summed E-state index contributed by atoms with van der Waals surface area (Å²) >= 11 is 6.16. The Bertz CT molecular complexity index is 588. The highest BCUT2D eigenvalue weighted by Gasteiger charge is 2.21. The lowest BCUT2D eigenvalue weighted by Crippen LogP contribution is -2.44. The second-order valence-corrected chi connectivity index (χ2v) is 5.74. The van der Waals surface area contributed by atoms with Crippen molar-refractivity contribution in [2.75, 3.05) is 32.7 Å². The summed E-state index contributed by atoms with van der Waals surface area (Å²) in [5.74, 6) is -0.551. The number of rotatable bonds is 6. The zero-order valence-corrected chi connectivity index (χ0v) is 13.8. The van der Waals surface area contributed by atoms with Gasteiger partial charge in [0.1, 0.15) is 0 Å². The van der Waals surface area contributed by atoms with Crippen molar-refractivity contribution in [2.24, 2.45) is 0 Å². The Morgan fingerprint density at radius 2 is 2.13 bits per heavy atom. The molecule has 1 aromatic carbocycles. The maximum atomic E-state index is 11.5. The maximum absolute atomic E-state index is 11.5. The van der Waals surface area contributed by atoms with Crippen LogP contribution in [0.4, 0.5) is 5.69 Å². The van der Waals surface area contributed by atoms with Gasteiger partial charge in [0.25, 0.3) is 0 Å². The predicted octanol–water partition coefficient (Wildman–Crippen LogP) is 2.01. The minimum Gasteiger partial charge on any atom is -0.419 e. The van der Waals surface area contributed by atoms with Gasteiger partial charge in [0.15, 0.2) is 0 Å². The van der Waals surface area contributed by atoms with E-state index in [1.165, 1.54) is 12.1 Å². The van der Waals surface area contributed by atoms with Gasteiger partial charge in [0.05, 0.1) is 9.95 Å². The lowest BCUT2D eigenvalue weighted by atomic mass is 10.1. The molecule has 1 aliphatic heterocycles. The summed E-state index contributed by atoms with van der Waals surface area (Å²) in [6.07, 6.45) is 0.795. The van der Waals surface area contributed by atoms with Crippen LogP contribution in [0.5, 0.6) is 5.75 Å².